The molecule has 2 heteroatoms. The second-order valence-corrected chi connectivity index (χ2v) is 21.4. The average Bonchev–Trinajstić information content (AvgIpc) is 3.55. The number of benzene rings is 11. The molecule has 1 aliphatic carbocycles. The molecule has 11 aromatic carbocycles. The second-order valence-electron chi connectivity index (χ2n) is 21.4. The molecule has 0 N–H and O–H groups in total. The van der Waals surface area contributed by atoms with Crippen LogP contribution in [0.1, 0.15) is 69.5 Å². The first-order chi connectivity index (χ1) is 37.5. The van der Waals surface area contributed by atoms with Gasteiger partial charge in [0.2, 0.25) is 0 Å². The van der Waals surface area contributed by atoms with Gasteiger partial charge in [-0.25, -0.2) is 0 Å². The molecule has 12 rings (SSSR count). The van der Waals surface area contributed by atoms with E-state index in [1.54, 1.807) is 0 Å². The van der Waals surface area contributed by atoms with Gasteiger partial charge in [0, 0.05) is 39.5 Å². The highest BCUT2D eigenvalue weighted by Crippen LogP contribution is 2.51. The van der Waals surface area contributed by atoms with Crippen molar-refractivity contribution in [1.29, 1.82) is 0 Å². The van der Waals surface area contributed by atoms with Crippen molar-refractivity contribution >= 4 is 69.2 Å². The summed E-state index contributed by atoms with van der Waals surface area (Å²) in [5, 5.41) is 2.62. The highest BCUT2D eigenvalue weighted by molar-refractivity contribution is 6.09. The highest BCUT2D eigenvalue weighted by Gasteiger charge is 2.34. The van der Waals surface area contributed by atoms with Crippen LogP contribution in [0.3, 0.4) is 0 Å². The minimum Gasteiger partial charge on any atom is -0.311 e. The lowest BCUT2D eigenvalue weighted by molar-refractivity contribution is 0.645. The summed E-state index contributed by atoms with van der Waals surface area (Å²) >= 11 is 0. The molecule has 372 valence electrons. The van der Waals surface area contributed by atoms with Gasteiger partial charge >= 0.3 is 0 Å². The molecule has 0 fully saturated rings. The monoisotopic (exact) mass is 990 g/mol. The Balaban J connectivity index is 0.829. The predicted octanol–water partition coefficient (Wildman–Crippen LogP) is 21.0. The van der Waals surface area contributed by atoms with Crippen LogP contribution in [0.25, 0.3) is 68.5 Å². The molecule has 0 spiro atoms. The van der Waals surface area contributed by atoms with Crippen molar-refractivity contribution in [2.24, 2.45) is 0 Å². The maximum absolute atomic E-state index is 2.44. The van der Waals surface area contributed by atoms with E-state index in [9.17, 15) is 0 Å². The minimum absolute atomic E-state index is 0.232. The van der Waals surface area contributed by atoms with E-state index in [0.29, 0.717) is 0 Å². The van der Waals surface area contributed by atoms with Gasteiger partial charge in [0.1, 0.15) is 0 Å². The maximum Gasteiger partial charge on any atom is 0.0462 e. The average molecular weight is 991 g/mol. The van der Waals surface area contributed by atoms with Crippen molar-refractivity contribution in [3.05, 3.63) is 298 Å². The number of hydrogen-bond donors (Lipinski definition) is 0. The summed E-state index contributed by atoms with van der Waals surface area (Å²) in [4.78, 5) is 4.70. The van der Waals surface area contributed by atoms with Crippen molar-refractivity contribution in [2.45, 2.75) is 47.0 Å². The lowest BCUT2D eigenvalue weighted by Gasteiger charge is -2.36. The molecule has 77 heavy (non-hydrogen) atoms. The van der Waals surface area contributed by atoms with Crippen LogP contribution in [-0.2, 0) is 5.41 Å². The van der Waals surface area contributed by atoms with E-state index >= 15 is 0 Å². The van der Waals surface area contributed by atoms with E-state index in [1.807, 2.05) is 0 Å². The van der Waals surface area contributed by atoms with Crippen LogP contribution in [0.15, 0.2) is 243 Å². The molecule has 0 saturated heterocycles. The lowest BCUT2D eigenvalue weighted by Crippen LogP contribution is -2.23. The third-order valence-electron chi connectivity index (χ3n) is 15.6. The lowest BCUT2D eigenvalue weighted by atomic mass is 9.67. The molecule has 1 aliphatic rings. The van der Waals surface area contributed by atoms with Gasteiger partial charge in [-0.3, -0.25) is 0 Å². The first kappa shape index (κ1) is 48.7. The van der Waals surface area contributed by atoms with Gasteiger partial charge in [-0.15, -0.1) is 0 Å². The Kier molecular flexibility index (Phi) is 12.9. The van der Waals surface area contributed by atoms with Gasteiger partial charge in [-0.1, -0.05) is 224 Å². The number of rotatable bonds is 12. The zero-order valence-electron chi connectivity index (χ0n) is 44.8. The van der Waals surface area contributed by atoms with Crippen molar-refractivity contribution in [1.82, 2.24) is 0 Å². The van der Waals surface area contributed by atoms with Crippen LogP contribution in [-0.4, -0.2) is 0 Å². The Labute approximate surface area is 455 Å². The summed E-state index contributed by atoms with van der Waals surface area (Å²) in [5.74, 6) is 0. The van der Waals surface area contributed by atoms with Crippen molar-refractivity contribution in [3.8, 4) is 33.4 Å². The molecule has 0 atom stereocenters. The minimum atomic E-state index is -0.232. The van der Waals surface area contributed by atoms with Crippen LogP contribution >= 0.6 is 0 Å². The molecule has 11 aromatic rings. The fourth-order valence-corrected chi connectivity index (χ4v) is 11.1. The van der Waals surface area contributed by atoms with Crippen LogP contribution < -0.4 is 9.80 Å². The molecule has 0 amide bonds. The number of nitrogens with zero attached hydrogens (tertiary/aromatic N) is 2. The summed E-state index contributed by atoms with van der Waals surface area (Å²) < 4.78 is 0. The van der Waals surface area contributed by atoms with Crippen molar-refractivity contribution in [3.63, 3.8) is 0 Å². The molecule has 0 aliphatic heterocycles. The zero-order valence-corrected chi connectivity index (χ0v) is 44.8. The van der Waals surface area contributed by atoms with Gasteiger partial charge < -0.3 is 9.80 Å². The van der Waals surface area contributed by atoms with Gasteiger partial charge in [-0.2, -0.15) is 0 Å². The molecular weight excluding hydrogens is 929 g/mol. The first-order valence-electron chi connectivity index (χ1n) is 26.9. The Morgan fingerprint density at radius 1 is 0.286 bits per heavy atom. The first-order valence-corrected chi connectivity index (χ1v) is 26.9. The normalized spacial score (nSPS) is 12.5. The number of anilines is 6. The fraction of sp³-hybridized carbons (Fsp3) is 0.0933. The Morgan fingerprint density at radius 2 is 0.610 bits per heavy atom. The van der Waals surface area contributed by atoms with E-state index in [2.05, 4.69) is 318 Å². The maximum atomic E-state index is 2.44. The van der Waals surface area contributed by atoms with Crippen LogP contribution in [0, 0.1) is 27.7 Å². The van der Waals surface area contributed by atoms with E-state index < -0.39 is 0 Å². The summed E-state index contributed by atoms with van der Waals surface area (Å²) in [7, 11) is 0. The van der Waals surface area contributed by atoms with E-state index in [4.69, 9.17) is 0 Å². The van der Waals surface area contributed by atoms with E-state index in [-0.39, 0.29) is 5.41 Å². The van der Waals surface area contributed by atoms with Crippen molar-refractivity contribution < 1.29 is 0 Å². The smallest absolute Gasteiger partial charge is 0.0462 e. The molecular formula is C75H62N2. The molecule has 0 unspecified atom stereocenters. The third kappa shape index (κ3) is 9.83. The molecule has 0 saturated carbocycles. The van der Waals surface area contributed by atoms with Gasteiger partial charge in [0.25, 0.3) is 0 Å². The molecule has 2 nitrogen and oxygen atoms in total. The standard InChI is InChI=1S/C75H62N2/c1-51-10-18-55(19-11-51)22-24-57-26-39-64(40-27-57)76(62-35-14-53(3)15-36-62)66-43-30-59(31-44-66)61-34-47-69-71-49-48-68(70-8-7-9-72(74(70)71)75(5,6)73(69)50-61)60-32-45-67(46-33-60)77(63-37-16-54(4)17-38-63)65-41-28-58(29-42-65)25-23-56-20-12-52(2)13-21-56/h7-50H,1-6H3. The third-order valence-corrected chi connectivity index (χ3v) is 15.6. The van der Waals surface area contributed by atoms with Crippen LogP contribution in [0.5, 0.6) is 0 Å². The molecule has 0 aromatic heterocycles. The quantitative estimate of drug-likeness (QED) is 0.113. The number of hydrogen-bond acceptors (Lipinski definition) is 2. The number of aryl methyl sites for hydroxylation is 4. The Hall–Kier alpha value is -9.24. The van der Waals surface area contributed by atoms with Gasteiger partial charge in [0.15, 0.2) is 0 Å². The van der Waals surface area contributed by atoms with Crippen molar-refractivity contribution in [2.75, 3.05) is 9.80 Å². The Morgan fingerprint density at radius 3 is 1.04 bits per heavy atom. The zero-order chi connectivity index (χ0) is 52.6. The SMILES string of the molecule is Cc1ccc(C=Cc2ccc(N(c3ccc(C)cc3)c3ccc(-c4ccc5c(c4)C(C)(C)c4cccc6c(-c7ccc(N(c8ccc(C)cc8)c8ccc(C=Cc9ccc(C)cc9)cc8)cc7)ccc-5c46)cc3)cc2)cc1. The molecule has 0 bridgehead atoms. The molecule has 0 heterocycles. The largest absolute Gasteiger partial charge is 0.311 e. The fourth-order valence-electron chi connectivity index (χ4n) is 11.1. The van der Waals surface area contributed by atoms with Crippen LogP contribution in [0.2, 0.25) is 0 Å². The van der Waals surface area contributed by atoms with E-state index in [0.717, 1.165) is 45.3 Å². The Bertz CT molecular complexity index is 3950. The summed E-state index contributed by atoms with van der Waals surface area (Å²) in [6.45, 7) is 13.3. The second kappa shape index (κ2) is 20.5. The van der Waals surface area contributed by atoms with Gasteiger partial charge in [0.05, 0.1) is 0 Å². The predicted molar refractivity (Wildman–Crippen MR) is 331 cm³/mol. The highest BCUT2D eigenvalue weighted by atomic mass is 15.1. The topological polar surface area (TPSA) is 6.48 Å². The summed E-state index contributed by atoms with van der Waals surface area (Å²) in [6.07, 6.45) is 8.73. The summed E-state index contributed by atoms with van der Waals surface area (Å²) in [5.41, 5.74) is 26.3. The molecule has 0 radical (unpaired) electrons. The van der Waals surface area contributed by atoms with E-state index in [1.165, 1.54) is 88.7 Å². The summed E-state index contributed by atoms with van der Waals surface area (Å²) in [6, 6.07) is 89.5. The number of fused-ring (bicyclic) bond motifs is 2. The van der Waals surface area contributed by atoms with Crippen LogP contribution in [0.4, 0.5) is 34.1 Å². The van der Waals surface area contributed by atoms with Gasteiger partial charge in [-0.05, 0) is 184 Å².